The number of piperazine rings is 1. The van der Waals surface area contributed by atoms with Crippen molar-refractivity contribution < 1.29 is 37.1 Å². The summed E-state index contributed by atoms with van der Waals surface area (Å²) in [6, 6.07) is 11.3. The highest BCUT2D eigenvalue weighted by Crippen LogP contribution is 2.20. The van der Waals surface area contributed by atoms with Crippen molar-refractivity contribution in [3.63, 3.8) is 0 Å². The molecule has 1 aromatic carbocycles. The molecule has 0 unspecified atom stereocenters. The number of benzene rings is 1. The van der Waals surface area contributed by atoms with E-state index < -0.39 is 12.1 Å². The van der Waals surface area contributed by atoms with Crippen LogP contribution < -0.4 is 0 Å². The van der Waals surface area contributed by atoms with Crippen molar-refractivity contribution in [3.05, 3.63) is 65.2 Å². The minimum Gasteiger partial charge on any atom is -0.475 e. The third-order valence-electron chi connectivity index (χ3n) is 5.22. The van der Waals surface area contributed by atoms with Crippen molar-refractivity contribution in [2.24, 2.45) is 0 Å². The Bertz CT molecular complexity index is 1200. The summed E-state index contributed by atoms with van der Waals surface area (Å²) in [5, 5.41) is 8.09. The highest BCUT2D eigenvalue weighted by atomic mass is 19.4. The summed E-state index contributed by atoms with van der Waals surface area (Å²) in [6.07, 6.45) is -3.59. The average Bonchev–Trinajstić information content (AvgIpc) is 3.33. The molecular weight excluding hydrogens is 455 g/mol. The topological polar surface area (TPSA) is 104 Å². The molecule has 3 aromatic rings. The standard InChI is InChI=1S/C21H21N3O3.C2HF3O2/c1-14-5-6-18-16(12-14)13-17(15(2)22-18)20(25)23-7-9-24(10-8-23)21(26)19-4-3-11-27-19;3-2(4,5)1(6)7/h3-6,11-13H,7-10H2,1-2H3;(H,6,7). The summed E-state index contributed by atoms with van der Waals surface area (Å²) < 4.78 is 36.9. The minimum absolute atomic E-state index is 0.0338. The number of alkyl halides is 3. The number of hydrogen-bond acceptors (Lipinski definition) is 5. The van der Waals surface area contributed by atoms with Crippen molar-refractivity contribution >= 4 is 28.7 Å². The number of amides is 2. The SMILES string of the molecule is Cc1ccc2nc(C)c(C(=O)N3CCN(C(=O)c4ccco4)CC3)cc2c1.O=C(O)C(F)(F)F. The summed E-state index contributed by atoms with van der Waals surface area (Å²) >= 11 is 0. The van der Waals surface area contributed by atoms with Crippen molar-refractivity contribution in [3.8, 4) is 0 Å². The van der Waals surface area contributed by atoms with Crippen LogP contribution in [-0.2, 0) is 4.79 Å². The first kappa shape index (κ1) is 24.7. The quantitative estimate of drug-likeness (QED) is 0.604. The molecule has 0 spiro atoms. The fourth-order valence-electron chi connectivity index (χ4n) is 3.45. The van der Waals surface area contributed by atoms with Crippen LogP contribution in [0.2, 0.25) is 0 Å². The number of fused-ring (bicyclic) bond motifs is 1. The molecular formula is C23H22F3N3O5. The first-order chi connectivity index (χ1) is 16.0. The first-order valence-electron chi connectivity index (χ1n) is 10.3. The molecule has 2 aromatic heterocycles. The molecule has 0 saturated carbocycles. The zero-order chi connectivity index (χ0) is 25.0. The van der Waals surface area contributed by atoms with Gasteiger partial charge in [-0.25, -0.2) is 4.79 Å². The van der Waals surface area contributed by atoms with Crippen LogP contribution in [-0.4, -0.2) is 70.0 Å². The van der Waals surface area contributed by atoms with Gasteiger partial charge in [0.25, 0.3) is 11.8 Å². The number of halogens is 3. The Morgan fingerprint density at radius 3 is 2.09 bits per heavy atom. The average molecular weight is 477 g/mol. The lowest BCUT2D eigenvalue weighted by Crippen LogP contribution is -2.50. The Morgan fingerprint density at radius 2 is 1.56 bits per heavy atom. The molecule has 1 N–H and O–H groups in total. The Morgan fingerprint density at radius 1 is 0.971 bits per heavy atom. The Hall–Kier alpha value is -3.89. The van der Waals surface area contributed by atoms with Crippen LogP contribution in [0.4, 0.5) is 13.2 Å². The lowest BCUT2D eigenvalue weighted by atomic mass is 10.1. The molecule has 1 aliphatic rings. The van der Waals surface area contributed by atoms with Crippen molar-refractivity contribution in [1.29, 1.82) is 0 Å². The lowest BCUT2D eigenvalue weighted by molar-refractivity contribution is -0.192. The van der Waals surface area contributed by atoms with Gasteiger partial charge in [0.15, 0.2) is 5.76 Å². The Labute approximate surface area is 192 Å². The normalized spacial score (nSPS) is 13.9. The molecule has 11 heteroatoms. The zero-order valence-corrected chi connectivity index (χ0v) is 18.4. The molecule has 34 heavy (non-hydrogen) atoms. The van der Waals surface area contributed by atoms with Crippen LogP contribution in [0.1, 0.15) is 32.2 Å². The third kappa shape index (κ3) is 5.72. The van der Waals surface area contributed by atoms with E-state index in [1.807, 2.05) is 38.1 Å². The van der Waals surface area contributed by atoms with E-state index in [9.17, 15) is 22.8 Å². The van der Waals surface area contributed by atoms with Crippen LogP contribution in [0, 0.1) is 13.8 Å². The van der Waals surface area contributed by atoms with Crippen molar-refractivity contribution in [2.75, 3.05) is 26.2 Å². The fraction of sp³-hybridized carbons (Fsp3) is 0.304. The number of carboxylic acid groups (broad SMARTS) is 1. The molecule has 1 saturated heterocycles. The highest BCUT2D eigenvalue weighted by Gasteiger charge is 2.38. The number of pyridine rings is 1. The highest BCUT2D eigenvalue weighted by molar-refractivity contribution is 5.99. The van der Waals surface area contributed by atoms with Gasteiger partial charge in [0.1, 0.15) is 0 Å². The molecule has 0 atom stereocenters. The Balaban J connectivity index is 0.000000406. The number of furan rings is 1. The molecule has 4 rings (SSSR count). The van der Waals surface area contributed by atoms with E-state index in [4.69, 9.17) is 14.3 Å². The summed E-state index contributed by atoms with van der Waals surface area (Å²) in [5.74, 6) is -2.59. The Kier molecular flexibility index (Phi) is 7.23. The molecule has 0 aliphatic carbocycles. The van der Waals surface area contributed by atoms with Gasteiger partial charge < -0.3 is 19.3 Å². The van der Waals surface area contributed by atoms with E-state index in [1.165, 1.54) is 6.26 Å². The van der Waals surface area contributed by atoms with Crippen LogP contribution in [0.5, 0.6) is 0 Å². The van der Waals surface area contributed by atoms with E-state index >= 15 is 0 Å². The molecule has 0 radical (unpaired) electrons. The summed E-state index contributed by atoms with van der Waals surface area (Å²) in [7, 11) is 0. The van der Waals surface area contributed by atoms with E-state index in [2.05, 4.69) is 4.98 Å². The van der Waals surface area contributed by atoms with Crippen LogP contribution in [0.25, 0.3) is 10.9 Å². The van der Waals surface area contributed by atoms with Gasteiger partial charge in [0.2, 0.25) is 0 Å². The van der Waals surface area contributed by atoms with Crippen LogP contribution >= 0.6 is 0 Å². The molecule has 1 fully saturated rings. The summed E-state index contributed by atoms with van der Waals surface area (Å²) in [4.78, 5) is 42.4. The predicted molar refractivity (Wildman–Crippen MR) is 115 cm³/mol. The van der Waals surface area contributed by atoms with E-state index in [-0.39, 0.29) is 11.8 Å². The third-order valence-corrected chi connectivity index (χ3v) is 5.22. The summed E-state index contributed by atoms with van der Waals surface area (Å²) in [6.45, 7) is 5.86. The zero-order valence-electron chi connectivity index (χ0n) is 18.4. The number of carbonyl (C=O) groups excluding carboxylic acids is 2. The van der Waals surface area contributed by atoms with E-state index in [0.29, 0.717) is 37.5 Å². The van der Waals surface area contributed by atoms with E-state index in [0.717, 1.165) is 22.2 Å². The van der Waals surface area contributed by atoms with Gasteiger partial charge in [-0.3, -0.25) is 14.6 Å². The minimum atomic E-state index is -5.08. The maximum atomic E-state index is 13.0. The van der Waals surface area contributed by atoms with Gasteiger partial charge >= 0.3 is 12.1 Å². The number of carbonyl (C=O) groups is 3. The number of nitrogens with zero attached hydrogens (tertiary/aromatic N) is 3. The second kappa shape index (κ2) is 9.94. The molecule has 1 aliphatic heterocycles. The van der Waals surface area contributed by atoms with Gasteiger partial charge in [0.05, 0.1) is 23.0 Å². The second-order valence-corrected chi connectivity index (χ2v) is 7.68. The smallest absolute Gasteiger partial charge is 0.475 e. The lowest BCUT2D eigenvalue weighted by Gasteiger charge is -2.34. The van der Waals surface area contributed by atoms with Crippen molar-refractivity contribution in [2.45, 2.75) is 20.0 Å². The monoisotopic (exact) mass is 477 g/mol. The number of rotatable bonds is 2. The number of hydrogen-bond donors (Lipinski definition) is 1. The van der Waals surface area contributed by atoms with Gasteiger partial charge in [-0.05, 0) is 44.2 Å². The number of aliphatic carboxylic acids is 1. The largest absolute Gasteiger partial charge is 0.490 e. The van der Waals surface area contributed by atoms with Gasteiger partial charge in [-0.15, -0.1) is 0 Å². The van der Waals surface area contributed by atoms with Crippen LogP contribution in [0.15, 0.2) is 47.1 Å². The summed E-state index contributed by atoms with van der Waals surface area (Å²) in [5.41, 5.74) is 3.38. The van der Waals surface area contributed by atoms with Crippen molar-refractivity contribution in [1.82, 2.24) is 14.8 Å². The number of carboxylic acids is 1. The van der Waals surface area contributed by atoms with E-state index in [1.54, 1.807) is 21.9 Å². The first-order valence-corrected chi connectivity index (χ1v) is 10.3. The number of aryl methyl sites for hydroxylation is 2. The van der Waals surface area contributed by atoms with Gasteiger partial charge in [0, 0.05) is 31.6 Å². The molecule has 2 amide bonds. The molecule has 0 bridgehead atoms. The molecule has 180 valence electrons. The second-order valence-electron chi connectivity index (χ2n) is 7.68. The maximum Gasteiger partial charge on any atom is 0.490 e. The maximum absolute atomic E-state index is 13.0. The number of aromatic nitrogens is 1. The van der Waals surface area contributed by atoms with Gasteiger partial charge in [-0.2, -0.15) is 13.2 Å². The predicted octanol–water partition coefficient (Wildman–Crippen LogP) is 3.68. The van der Waals surface area contributed by atoms with Crippen LogP contribution in [0.3, 0.4) is 0 Å². The van der Waals surface area contributed by atoms with Gasteiger partial charge in [-0.1, -0.05) is 11.6 Å². The fourth-order valence-corrected chi connectivity index (χ4v) is 3.45. The molecule has 3 heterocycles. The molecule has 8 nitrogen and oxygen atoms in total.